The second kappa shape index (κ2) is 7.26. The van der Waals surface area contributed by atoms with Gasteiger partial charge < -0.3 is 5.32 Å². The van der Waals surface area contributed by atoms with Gasteiger partial charge in [0.05, 0.1) is 0 Å². The van der Waals surface area contributed by atoms with Crippen LogP contribution in [0.5, 0.6) is 0 Å². The molecule has 1 N–H and O–H groups in total. The van der Waals surface area contributed by atoms with Crippen molar-refractivity contribution in [2.24, 2.45) is 0 Å². The monoisotopic (exact) mass is 301 g/mol. The summed E-state index contributed by atoms with van der Waals surface area (Å²) >= 11 is 0. The van der Waals surface area contributed by atoms with Crippen molar-refractivity contribution in [2.45, 2.75) is 25.9 Å². The van der Waals surface area contributed by atoms with Crippen molar-refractivity contribution in [3.05, 3.63) is 96.1 Å². The summed E-state index contributed by atoms with van der Waals surface area (Å²) in [6.45, 7) is 6.98. The molecule has 0 bridgehead atoms. The number of benzene rings is 3. The predicted octanol–water partition coefficient (Wildman–Crippen LogP) is 5.56. The van der Waals surface area contributed by atoms with Crippen LogP contribution in [0.4, 0.5) is 0 Å². The van der Waals surface area contributed by atoms with E-state index in [9.17, 15) is 0 Å². The minimum Gasteiger partial charge on any atom is -0.306 e. The summed E-state index contributed by atoms with van der Waals surface area (Å²) in [5.74, 6) is 0. The van der Waals surface area contributed by atoms with Gasteiger partial charge in [0, 0.05) is 12.6 Å². The average Bonchev–Trinajstić information content (AvgIpc) is 2.59. The first-order valence-electron chi connectivity index (χ1n) is 8.15. The molecule has 1 nitrogen and oxygen atoms in total. The predicted molar refractivity (Wildman–Crippen MR) is 99.5 cm³/mol. The van der Waals surface area contributed by atoms with Gasteiger partial charge in [0.25, 0.3) is 0 Å². The van der Waals surface area contributed by atoms with E-state index in [1.165, 1.54) is 27.5 Å². The number of rotatable bonds is 6. The van der Waals surface area contributed by atoms with E-state index in [1.807, 2.05) is 6.08 Å². The maximum Gasteiger partial charge on any atom is 0.0358 e. The van der Waals surface area contributed by atoms with Crippen molar-refractivity contribution in [1.82, 2.24) is 5.32 Å². The molecule has 0 saturated carbocycles. The highest BCUT2D eigenvalue weighted by Crippen LogP contribution is 2.26. The maximum atomic E-state index is 3.93. The highest BCUT2D eigenvalue weighted by Gasteiger charge is 2.11. The largest absolute Gasteiger partial charge is 0.306 e. The first-order valence-corrected chi connectivity index (χ1v) is 8.15. The molecule has 3 rings (SSSR count). The van der Waals surface area contributed by atoms with Crippen molar-refractivity contribution in [3.63, 3.8) is 0 Å². The average molecular weight is 301 g/mol. The Morgan fingerprint density at radius 1 is 1.00 bits per heavy atom. The molecule has 0 aliphatic carbocycles. The molecule has 0 aliphatic heterocycles. The SMILES string of the molecule is C=CC[C@H](NCc1ccccc1)c1cc(C)c2ccccc2c1. The van der Waals surface area contributed by atoms with E-state index in [1.54, 1.807) is 0 Å². The summed E-state index contributed by atoms with van der Waals surface area (Å²) in [5, 5.41) is 6.31. The van der Waals surface area contributed by atoms with Gasteiger partial charge in [-0.1, -0.05) is 66.7 Å². The molecule has 0 radical (unpaired) electrons. The van der Waals surface area contributed by atoms with Crippen LogP contribution in [-0.2, 0) is 6.54 Å². The molecule has 0 amide bonds. The standard InChI is InChI=1S/C22H23N/c1-3-9-22(23-16-18-10-5-4-6-11-18)20-14-17(2)21-13-8-7-12-19(21)15-20/h3-8,10-15,22-23H,1,9,16H2,2H3/t22-/m0/s1. The van der Waals surface area contributed by atoms with Crippen LogP contribution in [-0.4, -0.2) is 0 Å². The zero-order valence-corrected chi connectivity index (χ0v) is 13.6. The Labute approximate surface area is 138 Å². The molecule has 0 aliphatic rings. The number of hydrogen-bond donors (Lipinski definition) is 1. The molecule has 0 fully saturated rings. The molecule has 0 unspecified atom stereocenters. The first kappa shape index (κ1) is 15.5. The van der Waals surface area contributed by atoms with Gasteiger partial charge in [0.1, 0.15) is 0 Å². The van der Waals surface area contributed by atoms with Gasteiger partial charge in [-0.3, -0.25) is 0 Å². The fourth-order valence-electron chi connectivity index (χ4n) is 3.07. The lowest BCUT2D eigenvalue weighted by Crippen LogP contribution is -2.20. The van der Waals surface area contributed by atoms with Crippen molar-refractivity contribution in [2.75, 3.05) is 0 Å². The van der Waals surface area contributed by atoms with E-state index in [0.29, 0.717) is 0 Å². The summed E-state index contributed by atoms with van der Waals surface area (Å²) < 4.78 is 0. The summed E-state index contributed by atoms with van der Waals surface area (Å²) in [6.07, 6.45) is 2.91. The van der Waals surface area contributed by atoms with Crippen molar-refractivity contribution < 1.29 is 0 Å². The summed E-state index contributed by atoms with van der Waals surface area (Å²) in [7, 11) is 0. The lowest BCUT2D eigenvalue weighted by Gasteiger charge is -2.19. The lowest BCUT2D eigenvalue weighted by atomic mass is 9.96. The van der Waals surface area contributed by atoms with Crippen molar-refractivity contribution in [1.29, 1.82) is 0 Å². The quantitative estimate of drug-likeness (QED) is 0.588. The molecule has 0 spiro atoms. The zero-order valence-electron chi connectivity index (χ0n) is 13.6. The number of fused-ring (bicyclic) bond motifs is 1. The van der Waals surface area contributed by atoms with E-state index >= 15 is 0 Å². The molecule has 1 atom stereocenters. The van der Waals surface area contributed by atoms with Crippen LogP contribution < -0.4 is 5.32 Å². The normalized spacial score (nSPS) is 12.2. The molecular weight excluding hydrogens is 278 g/mol. The minimum atomic E-state index is 0.288. The molecule has 0 saturated heterocycles. The van der Waals surface area contributed by atoms with Crippen LogP contribution in [0.3, 0.4) is 0 Å². The maximum absolute atomic E-state index is 3.93. The van der Waals surface area contributed by atoms with Crippen LogP contribution in [0.25, 0.3) is 10.8 Å². The minimum absolute atomic E-state index is 0.288. The van der Waals surface area contributed by atoms with E-state index < -0.39 is 0 Å². The molecule has 116 valence electrons. The Morgan fingerprint density at radius 3 is 2.52 bits per heavy atom. The van der Waals surface area contributed by atoms with Crippen LogP contribution in [0.1, 0.15) is 29.2 Å². The van der Waals surface area contributed by atoms with Crippen LogP contribution in [0, 0.1) is 6.92 Å². The third kappa shape index (κ3) is 3.69. The van der Waals surface area contributed by atoms with E-state index in [4.69, 9.17) is 0 Å². The second-order valence-electron chi connectivity index (χ2n) is 6.00. The highest BCUT2D eigenvalue weighted by atomic mass is 14.9. The van der Waals surface area contributed by atoms with Gasteiger partial charge in [-0.15, -0.1) is 6.58 Å². The zero-order chi connectivity index (χ0) is 16.1. The van der Waals surface area contributed by atoms with Crippen LogP contribution in [0.2, 0.25) is 0 Å². The van der Waals surface area contributed by atoms with Gasteiger partial charge in [-0.25, -0.2) is 0 Å². The third-order valence-electron chi connectivity index (χ3n) is 4.29. The van der Waals surface area contributed by atoms with E-state index in [2.05, 4.69) is 85.5 Å². The molecule has 3 aromatic rings. The molecule has 23 heavy (non-hydrogen) atoms. The molecule has 3 aromatic carbocycles. The Morgan fingerprint density at radius 2 is 1.74 bits per heavy atom. The van der Waals surface area contributed by atoms with E-state index in [0.717, 1.165) is 13.0 Å². The number of aryl methyl sites for hydroxylation is 1. The summed E-state index contributed by atoms with van der Waals surface area (Å²) in [5.41, 5.74) is 3.96. The third-order valence-corrected chi connectivity index (χ3v) is 4.29. The fraction of sp³-hybridized carbons (Fsp3) is 0.182. The van der Waals surface area contributed by atoms with Gasteiger partial charge in [0.2, 0.25) is 0 Å². The van der Waals surface area contributed by atoms with Crippen molar-refractivity contribution >= 4 is 10.8 Å². The molecule has 0 aromatic heterocycles. The Hall–Kier alpha value is -2.38. The van der Waals surface area contributed by atoms with E-state index in [-0.39, 0.29) is 6.04 Å². The van der Waals surface area contributed by atoms with Crippen molar-refractivity contribution in [3.8, 4) is 0 Å². The Balaban J connectivity index is 1.87. The highest BCUT2D eigenvalue weighted by molar-refractivity contribution is 5.86. The molecule has 0 heterocycles. The van der Waals surface area contributed by atoms with Gasteiger partial charge >= 0.3 is 0 Å². The Bertz CT molecular complexity index is 789. The topological polar surface area (TPSA) is 12.0 Å². The van der Waals surface area contributed by atoms with Gasteiger partial charge in [-0.2, -0.15) is 0 Å². The first-order chi connectivity index (χ1) is 11.3. The van der Waals surface area contributed by atoms with Gasteiger partial charge in [0.15, 0.2) is 0 Å². The smallest absolute Gasteiger partial charge is 0.0358 e. The lowest BCUT2D eigenvalue weighted by molar-refractivity contribution is 0.539. The van der Waals surface area contributed by atoms with Crippen LogP contribution in [0.15, 0.2) is 79.4 Å². The Kier molecular flexibility index (Phi) is 4.89. The molecule has 1 heteroatoms. The summed E-state index contributed by atoms with van der Waals surface area (Å²) in [6, 6.07) is 24.0. The molecular formula is C22H23N. The fourth-order valence-corrected chi connectivity index (χ4v) is 3.07. The van der Waals surface area contributed by atoms with Gasteiger partial charge in [-0.05, 0) is 46.9 Å². The van der Waals surface area contributed by atoms with Crippen LogP contribution >= 0.6 is 0 Å². The second-order valence-corrected chi connectivity index (χ2v) is 6.00. The number of hydrogen-bond acceptors (Lipinski definition) is 1. The summed E-state index contributed by atoms with van der Waals surface area (Å²) in [4.78, 5) is 0. The number of nitrogens with one attached hydrogen (secondary N) is 1.